The molecule has 0 atom stereocenters. The molecule has 0 saturated carbocycles. The number of nitrogens with zero attached hydrogens (tertiary/aromatic N) is 1. The van der Waals surface area contributed by atoms with Crippen LogP contribution in [-0.2, 0) is 4.79 Å². The molecule has 4 nitrogen and oxygen atoms in total. The van der Waals surface area contributed by atoms with Crippen molar-refractivity contribution in [3.8, 4) is 0 Å². The van der Waals surface area contributed by atoms with Gasteiger partial charge in [-0.3, -0.25) is 4.79 Å². The molecule has 1 heterocycles. The average molecular weight is 293 g/mol. The number of hydrogen-bond acceptors (Lipinski definition) is 3. The van der Waals surface area contributed by atoms with Crippen molar-refractivity contribution in [2.24, 2.45) is 5.41 Å². The summed E-state index contributed by atoms with van der Waals surface area (Å²) < 4.78 is 52.1. The van der Waals surface area contributed by atoms with Crippen molar-refractivity contribution in [1.82, 2.24) is 10.3 Å². The monoisotopic (exact) mass is 293 g/mol. The minimum Gasteiger partial charge on any atom is -0.378 e. The summed E-state index contributed by atoms with van der Waals surface area (Å²) in [6, 6.07) is 0. The first kappa shape index (κ1) is 16.2. The summed E-state index contributed by atoms with van der Waals surface area (Å²) in [7, 11) is 0. The number of amides is 1. The average Bonchev–Trinajstić information content (AvgIpc) is 2.34. The molecule has 0 fully saturated rings. The van der Waals surface area contributed by atoms with Gasteiger partial charge in [-0.2, -0.15) is 22.5 Å². The Hall–Kier alpha value is -1.86. The van der Waals surface area contributed by atoms with Crippen LogP contribution >= 0.6 is 0 Å². The van der Waals surface area contributed by atoms with Crippen molar-refractivity contribution in [2.45, 2.75) is 20.8 Å². The molecule has 8 heteroatoms. The Labute approximate surface area is 113 Å². The van der Waals surface area contributed by atoms with Crippen molar-refractivity contribution < 1.29 is 22.4 Å². The van der Waals surface area contributed by atoms with Crippen LogP contribution in [-0.4, -0.2) is 24.0 Å². The predicted octanol–water partition coefficient (Wildman–Crippen LogP) is 2.21. The number of nitrogens with one attached hydrogen (secondary N) is 2. The second kappa shape index (κ2) is 6.06. The first-order chi connectivity index (χ1) is 9.14. The fraction of sp³-hybridized carbons (Fsp3) is 0.500. The molecule has 20 heavy (non-hydrogen) atoms. The SMILES string of the molecule is CC(C)(C)C(=O)NCCNc1c(F)c(F)nc(F)c1F. The zero-order chi connectivity index (χ0) is 15.5. The molecule has 0 spiro atoms. The Balaban J connectivity index is 2.62. The lowest BCUT2D eigenvalue weighted by molar-refractivity contribution is -0.128. The molecule has 0 bridgehead atoms. The van der Waals surface area contributed by atoms with Gasteiger partial charge in [0.2, 0.25) is 17.5 Å². The minimum atomic E-state index is -1.73. The van der Waals surface area contributed by atoms with Crippen LogP contribution in [0.2, 0.25) is 0 Å². The molecular formula is C12H15F4N3O. The van der Waals surface area contributed by atoms with Crippen molar-refractivity contribution in [2.75, 3.05) is 18.4 Å². The fourth-order valence-electron chi connectivity index (χ4n) is 1.27. The third kappa shape index (κ3) is 3.82. The van der Waals surface area contributed by atoms with Gasteiger partial charge in [0.1, 0.15) is 5.69 Å². The maximum Gasteiger partial charge on any atom is 0.253 e. The van der Waals surface area contributed by atoms with Crippen LogP contribution in [0, 0.1) is 28.9 Å². The maximum absolute atomic E-state index is 13.2. The zero-order valence-corrected chi connectivity index (χ0v) is 11.3. The Kier molecular flexibility index (Phi) is 4.91. The van der Waals surface area contributed by atoms with E-state index in [9.17, 15) is 22.4 Å². The van der Waals surface area contributed by atoms with Gasteiger partial charge in [-0.1, -0.05) is 20.8 Å². The predicted molar refractivity (Wildman–Crippen MR) is 65.0 cm³/mol. The minimum absolute atomic E-state index is 0.0422. The molecule has 0 unspecified atom stereocenters. The Morgan fingerprint density at radius 3 is 2.00 bits per heavy atom. The lowest BCUT2D eigenvalue weighted by Crippen LogP contribution is -2.37. The molecule has 1 aromatic rings. The van der Waals surface area contributed by atoms with E-state index >= 15 is 0 Å². The quantitative estimate of drug-likeness (QED) is 0.508. The first-order valence-electron chi connectivity index (χ1n) is 5.86. The topological polar surface area (TPSA) is 54.0 Å². The van der Waals surface area contributed by atoms with E-state index in [1.54, 1.807) is 20.8 Å². The first-order valence-corrected chi connectivity index (χ1v) is 5.86. The summed E-state index contributed by atoms with van der Waals surface area (Å²) in [6.45, 7) is 5.03. The van der Waals surface area contributed by atoms with Crippen LogP contribution in [0.4, 0.5) is 23.2 Å². The van der Waals surface area contributed by atoms with Crippen LogP contribution in [0.25, 0.3) is 0 Å². The van der Waals surface area contributed by atoms with Gasteiger partial charge in [0.25, 0.3) is 11.9 Å². The summed E-state index contributed by atoms with van der Waals surface area (Å²) in [5.74, 6) is -6.93. The van der Waals surface area contributed by atoms with Gasteiger partial charge in [-0.25, -0.2) is 0 Å². The lowest BCUT2D eigenvalue weighted by Gasteiger charge is -2.18. The summed E-state index contributed by atoms with van der Waals surface area (Å²) >= 11 is 0. The van der Waals surface area contributed by atoms with E-state index in [0.29, 0.717) is 0 Å². The van der Waals surface area contributed by atoms with Gasteiger partial charge in [0, 0.05) is 18.5 Å². The van der Waals surface area contributed by atoms with Crippen LogP contribution in [0.1, 0.15) is 20.8 Å². The molecule has 0 radical (unpaired) electrons. The van der Waals surface area contributed by atoms with Gasteiger partial charge >= 0.3 is 0 Å². The van der Waals surface area contributed by atoms with Crippen LogP contribution in [0.3, 0.4) is 0 Å². The number of carbonyl (C=O) groups is 1. The number of halogens is 4. The standard InChI is InChI=1S/C12H15F4N3O/c1-12(2,3)11(20)18-5-4-17-8-6(13)9(15)19-10(16)7(8)14/h4-5H2,1-3H3,(H,17,19)(H,18,20). The molecule has 0 aromatic carbocycles. The van der Waals surface area contributed by atoms with Gasteiger partial charge in [-0.15, -0.1) is 0 Å². The second-order valence-electron chi connectivity index (χ2n) is 5.13. The summed E-state index contributed by atoms with van der Waals surface area (Å²) in [4.78, 5) is 13.9. The molecular weight excluding hydrogens is 278 g/mol. The molecule has 1 aromatic heterocycles. The Bertz CT molecular complexity index is 488. The number of anilines is 1. The van der Waals surface area contributed by atoms with Crippen LogP contribution in [0.5, 0.6) is 0 Å². The summed E-state index contributed by atoms with van der Waals surface area (Å²) in [5.41, 5.74) is -1.55. The van der Waals surface area contributed by atoms with E-state index in [4.69, 9.17) is 0 Å². The van der Waals surface area contributed by atoms with Gasteiger partial charge in [0.15, 0.2) is 0 Å². The van der Waals surface area contributed by atoms with Crippen LogP contribution < -0.4 is 10.6 Å². The molecule has 2 N–H and O–H groups in total. The molecule has 0 aliphatic heterocycles. The molecule has 0 aliphatic rings. The number of aromatic nitrogens is 1. The van der Waals surface area contributed by atoms with E-state index in [2.05, 4.69) is 15.6 Å². The Morgan fingerprint density at radius 1 is 1.05 bits per heavy atom. The van der Waals surface area contributed by atoms with Gasteiger partial charge in [0.05, 0.1) is 0 Å². The van der Waals surface area contributed by atoms with Crippen molar-refractivity contribution >= 4 is 11.6 Å². The van der Waals surface area contributed by atoms with Gasteiger partial charge < -0.3 is 10.6 Å². The third-order valence-corrected chi connectivity index (χ3v) is 2.39. The van der Waals surface area contributed by atoms with E-state index in [1.807, 2.05) is 0 Å². The van der Waals surface area contributed by atoms with E-state index in [1.165, 1.54) is 0 Å². The molecule has 0 aliphatic carbocycles. The molecule has 1 rings (SSSR count). The largest absolute Gasteiger partial charge is 0.378 e. The highest BCUT2D eigenvalue weighted by molar-refractivity contribution is 5.81. The highest BCUT2D eigenvalue weighted by Gasteiger charge is 2.22. The number of pyridine rings is 1. The zero-order valence-electron chi connectivity index (χ0n) is 11.3. The third-order valence-electron chi connectivity index (χ3n) is 2.39. The van der Waals surface area contributed by atoms with Gasteiger partial charge in [-0.05, 0) is 0 Å². The lowest BCUT2D eigenvalue weighted by atomic mass is 9.96. The Morgan fingerprint density at radius 2 is 1.55 bits per heavy atom. The van der Waals surface area contributed by atoms with Crippen LogP contribution in [0.15, 0.2) is 0 Å². The molecule has 0 saturated heterocycles. The molecule has 112 valence electrons. The summed E-state index contributed by atoms with van der Waals surface area (Å²) in [5, 5.41) is 4.70. The van der Waals surface area contributed by atoms with Crippen molar-refractivity contribution in [3.63, 3.8) is 0 Å². The highest BCUT2D eigenvalue weighted by atomic mass is 19.2. The van der Waals surface area contributed by atoms with E-state index in [0.717, 1.165) is 0 Å². The van der Waals surface area contributed by atoms with E-state index < -0.39 is 34.6 Å². The maximum atomic E-state index is 13.2. The van der Waals surface area contributed by atoms with Crippen molar-refractivity contribution in [3.05, 3.63) is 23.5 Å². The number of hydrogen-bond donors (Lipinski definition) is 2. The normalized spacial score (nSPS) is 11.3. The summed E-state index contributed by atoms with van der Waals surface area (Å²) in [6.07, 6.45) is 0. The molecule has 1 amide bonds. The number of rotatable bonds is 4. The smallest absolute Gasteiger partial charge is 0.253 e. The van der Waals surface area contributed by atoms with E-state index in [-0.39, 0.29) is 19.0 Å². The second-order valence-corrected chi connectivity index (χ2v) is 5.13. The fourth-order valence-corrected chi connectivity index (χ4v) is 1.27. The van der Waals surface area contributed by atoms with Crippen molar-refractivity contribution in [1.29, 1.82) is 0 Å². The highest BCUT2D eigenvalue weighted by Crippen LogP contribution is 2.21. The number of carbonyl (C=O) groups excluding carboxylic acids is 1.